The van der Waals surface area contributed by atoms with Crippen LogP contribution < -0.4 is 5.32 Å². The first-order valence-electron chi connectivity index (χ1n) is 8.74. The lowest BCUT2D eigenvalue weighted by molar-refractivity contribution is 0.211. The molecule has 1 heterocycles. The third-order valence-electron chi connectivity index (χ3n) is 4.94. The van der Waals surface area contributed by atoms with Crippen LogP contribution in [0.4, 0.5) is 0 Å². The van der Waals surface area contributed by atoms with Crippen LogP contribution in [0.15, 0.2) is 28.8 Å². The molecule has 0 unspecified atom stereocenters. The smallest absolute Gasteiger partial charge is 0.223 e. The summed E-state index contributed by atoms with van der Waals surface area (Å²) in [5.41, 5.74) is 2.56. The number of rotatable bonds is 5. The molecule has 1 aromatic heterocycles. The average molecular weight is 313 g/mol. The second-order valence-corrected chi connectivity index (χ2v) is 7.03. The summed E-state index contributed by atoms with van der Waals surface area (Å²) in [6, 6.07) is 8.90. The number of hydrogen-bond donors (Lipinski definition) is 1. The van der Waals surface area contributed by atoms with E-state index in [2.05, 4.69) is 53.6 Å². The molecular weight excluding hydrogens is 286 g/mol. The summed E-state index contributed by atoms with van der Waals surface area (Å²) in [6.45, 7) is 7.15. The van der Waals surface area contributed by atoms with E-state index in [9.17, 15) is 0 Å². The van der Waals surface area contributed by atoms with Gasteiger partial charge < -0.3 is 9.84 Å². The SMILES string of the molecule is Cc1nc(C2(NCc3ccc(C(C)C)cc3)CCCCC2)no1. The molecule has 3 rings (SSSR count). The lowest BCUT2D eigenvalue weighted by Crippen LogP contribution is -2.44. The predicted molar refractivity (Wildman–Crippen MR) is 91.2 cm³/mol. The maximum absolute atomic E-state index is 5.24. The molecule has 1 aromatic carbocycles. The first kappa shape index (κ1) is 16.2. The molecule has 1 aliphatic carbocycles. The summed E-state index contributed by atoms with van der Waals surface area (Å²) in [4.78, 5) is 4.52. The van der Waals surface area contributed by atoms with E-state index in [0.717, 1.165) is 25.2 Å². The van der Waals surface area contributed by atoms with E-state index in [0.29, 0.717) is 11.8 Å². The van der Waals surface area contributed by atoms with Crippen molar-refractivity contribution in [1.82, 2.24) is 15.5 Å². The second kappa shape index (κ2) is 6.83. The Morgan fingerprint density at radius 2 is 1.83 bits per heavy atom. The number of aromatic nitrogens is 2. The van der Waals surface area contributed by atoms with Crippen molar-refractivity contribution in [2.24, 2.45) is 0 Å². The summed E-state index contributed by atoms with van der Waals surface area (Å²) >= 11 is 0. The van der Waals surface area contributed by atoms with Crippen molar-refractivity contribution in [3.05, 3.63) is 47.1 Å². The Morgan fingerprint density at radius 1 is 1.13 bits per heavy atom. The standard InChI is InChI=1S/C19H27N3O/c1-14(2)17-9-7-16(8-10-17)13-20-19(11-5-4-6-12-19)18-21-15(3)23-22-18/h7-10,14,20H,4-6,11-13H2,1-3H3. The van der Waals surface area contributed by atoms with Crippen LogP contribution in [0.5, 0.6) is 0 Å². The third-order valence-corrected chi connectivity index (χ3v) is 4.94. The summed E-state index contributed by atoms with van der Waals surface area (Å²) in [6.07, 6.45) is 5.88. The fourth-order valence-corrected chi connectivity index (χ4v) is 3.42. The molecule has 1 fully saturated rings. The fraction of sp³-hybridized carbons (Fsp3) is 0.579. The molecule has 0 atom stereocenters. The van der Waals surface area contributed by atoms with E-state index in [-0.39, 0.29) is 5.54 Å². The van der Waals surface area contributed by atoms with Crippen molar-refractivity contribution in [3.8, 4) is 0 Å². The number of hydrogen-bond acceptors (Lipinski definition) is 4. The summed E-state index contributed by atoms with van der Waals surface area (Å²) < 4.78 is 5.24. The normalized spacial score (nSPS) is 17.6. The Bertz CT molecular complexity index is 624. The highest BCUT2D eigenvalue weighted by Crippen LogP contribution is 2.36. The van der Waals surface area contributed by atoms with Crippen molar-refractivity contribution >= 4 is 0 Å². The molecule has 0 amide bonds. The molecule has 1 N–H and O–H groups in total. The van der Waals surface area contributed by atoms with Crippen LogP contribution in [-0.4, -0.2) is 10.1 Å². The van der Waals surface area contributed by atoms with Crippen molar-refractivity contribution in [3.63, 3.8) is 0 Å². The van der Waals surface area contributed by atoms with Crippen LogP contribution in [0.2, 0.25) is 0 Å². The Balaban J connectivity index is 1.74. The molecule has 1 saturated carbocycles. The van der Waals surface area contributed by atoms with Crippen molar-refractivity contribution in [1.29, 1.82) is 0 Å². The van der Waals surface area contributed by atoms with Gasteiger partial charge in [-0.15, -0.1) is 0 Å². The Hall–Kier alpha value is -1.68. The van der Waals surface area contributed by atoms with E-state index in [4.69, 9.17) is 4.52 Å². The maximum atomic E-state index is 5.24. The van der Waals surface area contributed by atoms with E-state index < -0.39 is 0 Å². The van der Waals surface area contributed by atoms with Gasteiger partial charge in [0.2, 0.25) is 5.89 Å². The zero-order valence-electron chi connectivity index (χ0n) is 14.4. The van der Waals surface area contributed by atoms with Gasteiger partial charge in [-0.2, -0.15) is 4.98 Å². The van der Waals surface area contributed by atoms with E-state index in [1.54, 1.807) is 0 Å². The topological polar surface area (TPSA) is 51.0 Å². The Kier molecular flexibility index (Phi) is 4.81. The van der Waals surface area contributed by atoms with Crippen LogP contribution in [0, 0.1) is 6.92 Å². The van der Waals surface area contributed by atoms with Gasteiger partial charge in [0.15, 0.2) is 5.82 Å². The van der Waals surface area contributed by atoms with Crippen LogP contribution in [0.3, 0.4) is 0 Å². The first-order chi connectivity index (χ1) is 11.1. The molecule has 2 aromatic rings. The molecule has 1 aliphatic rings. The summed E-state index contributed by atoms with van der Waals surface area (Å²) in [5.74, 6) is 2.05. The highest BCUT2D eigenvalue weighted by Gasteiger charge is 2.37. The molecule has 23 heavy (non-hydrogen) atoms. The first-order valence-corrected chi connectivity index (χ1v) is 8.74. The zero-order chi connectivity index (χ0) is 16.3. The van der Waals surface area contributed by atoms with Gasteiger partial charge in [0, 0.05) is 13.5 Å². The molecule has 0 spiro atoms. The number of benzene rings is 1. The summed E-state index contributed by atoms with van der Waals surface area (Å²) in [7, 11) is 0. The van der Waals surface area contributed by atoms with E-state index >= 15 is 0 Å². The fourth-order valence-electron chi connectivity index (χ4n) is 3.42. The lowest BCUT2D eigenvalue weighted by Gasteiger charge is -2.35. The third kappa shape index (κ3) is 3.63. The second-order valence-electron chi connectivity index (χ2n) is 7.03. The van der Waals surface area contributed by atoms with Crippen molar-refractivity contribution < 1.29 is 4.52 Å². The minimum Gasteiger partial charge on any atom is -0.340 e. The highest BCUT2D eigenvalue weighted by atomic mass is 16.5. The molecule has 0 saturated heterocycles. The quantitative estimate of drug-likeness (QED) is 0.886. The molecule has 0 radical (unpaired) electrons. The molecule has 124 valence electrons. The summed E-state index contributed by atoms with van der Waals surface area (Å²) in [5, 5.41) is 7.96. The lowest BCUT2D eigenvalue weighted by atomic mass is 9.81. The minimum atomic E-state index is -0.132. The van der Waals surface area contributed by atoms with Gasteiger partial charge in [0.1, 0.15) is 0 Å². The predicted octanol–water partition coefficient (Wildman–Crippen LogP) is 4.45. The largest absolute Gasteiger partial charge is 0.340 e. The van der Waals surface area contributed by atoms with Gasteiger partial charge in [-0.05, 0) is 29.9 Å². The van der Waals surface area contributed by atoms with Gasteiger partial charge in [0.05, 0.1) is 5.54 Å². The van der Waals surface area contributed by atoms with Crippen molar-refractivity contribution in [2.75, 3.05) is 0 Å². The van der Waals surface area contributed by atoms with Crippen LogP contribution in [-0.2, 0) is 12.1 Å². The molecule has 0 aliphatic heterocycles. The minimum absolute atomic E-state index is 0.132. The molecular formula is C19H27N3O. The number of nitrogens with zero attached hydrogens (tertiary/aromatic N) is 2. The maximum Gasteiger partial charge on any atom is 0.223 e. The molecule has 0 bridgehead atoms. The van der Waals surface area contributed by atoms with Crippen LogP contribution in [0.25, 0.3) is 0 Å². The average Bonchev–Trinajstić information content (AvgIpc) is 3.01. The van der Waals surface area contributed by atoms with E-state index in [1.165, 1.54) is 30.4 Å². The number of aryl methyl sites for hydroxylation is 1. The van der Waals surface area contributed by atoms with Gasteiger partial charge in [0.25, 0.3) is 0 Å². The zero-order valence-corrected chi connectivity index (χ0v) is 14.4. The van der Waals surface area contributed by atoms with Gasteiger partial charge in [-0.1, -0.05) is 62.5 Å². The van der Waals surface area contributed by atoms with Gasteiger partial charge in [-0.25, -0.2) is 0 Å². The van der Waals surface area contributed by atoms with E-state index in [1.807, 2.05) is 6.92 Å². The Labute approximate surface area is 138 Å². The van der Waals surface area contributed by atoms with Crippen molar-refractivity contribution in [2.45, 2.75) is 70.9 Å². The monoisotopic (exact) mass is 313 g/mol. The van der Waals surface area contributed by atoms with Gasteiger partial charge in [-0.3, -0.25) is 0 Å². The molecule has 4 nitrogen and oxygen atoms in total. The Morgan fingerprint density at radius 3 is 2.39 bits per heavy atom. The number of nitrogens with one attached hydrogen (secondary N) is 1. The van der Waals surface area contributed by atoms with Gasteiger partial charge >= 0.3 is 0 Å². The van der Waals surface area contributed by atoms with Crippen LogP contribution >= 0.6 is 0 Å². The van der Waals surface area contributed by atoms with Crippen LogP contribution in [0.1, 0.15) is 74.7 Å². The molecule has 4 heteroatoms. The highest BCUT2D eigenvalue weighted by molar-refractivity contribution is 5.25.